The molecule has 3 N–H and O–H groups in total. The average Bonchev–Trinajstić information content (AvgIpc) is 2.84. The van der Waals surface area contributed by atoms with E-state index in [9.17, 15) is 18.0 Å². The Morgan fingerprint density at radius 2 is 1.90 bits per heavy atom. The van der Waals surface area contributed by atoms with E-state index in [0.717, 1.165) is 4.68 Å². The smallest absolute Gasteiger partial charge is 0.392 e. The van der Waals surface area contributed by atoms with Crippen LogP contribution in [0.4, 0.5) is 13.2 Å². The molecule has 1 aromatic heterocycles. The van der Waals surface area contributed by atoms with Crippen LogP contribution in [0.15, 0.2) is 30.3 Å². The van der Waals surface area contributed by atoms with E-state index < -0.39 is 17.8 Å². The fraction of sp³-hybridized carbons (Fsp3) is 0.167. The van der Waals surface area contributed by atoms with Crippen molar-refractivity contribution in [3.63, 3.8) is 0 Å². The van der Waals surface area contributed by atoms with Gasteiger partial charge in [-0.15, -0.1) is 0 Å². The van der Waals surface area contributed by atoms with Crippen LogP contribution in [-0.2, 0) is 12.8 Å². The fourth-order valence-electron chi connectivity index (χ4n) is 1.63. The van der Waals surface area contributed by atoms with Crippen LogP contribution in [0.1, 0.15) is 21.7 Å². The molecule has 1 heterocycles. The number of primary amides is 1. The first-order valence-electron chi connectivity index (χ1n) is 5.50. The highest BCUT2D eigenvalue weighted by molar-refractivity contribution is 5.91. The molecule has 0 aliphatic carbocycles. The molecule has 0 saturated heterocycles. The van der Waals surface area contributed by atoms with E-state index in [-0.39, 0.29) is 18.0 Å². The second-order valence-electron chi connectivity index (χ2n) is 4.01. The lowest BCUT2D eigenvalue weighted by Crippen LogP contribution is -2.16. The number of hydrogen-bond donors (Lipinski definition) is 2. The molecule has 5 nitrogen and oxygen atoms in total. The predicted octanol–water partition coefficient (Wildman–Crippen LogP) is 1.48. The standard InChI is InChI=1S/C12H10F3N3O2/c13-12(14,15)10-5-9(11(16)20)18(17-10)8-3-1-7(6-19)2-4-8/h1-5,19H,6H2,(H2,16,20). The molecular weight excluding hydrogens is 275 g/mol. The Bertz CT molecular complexity index is 632. The average molecular weight is 285 g/mol. The molecule has 1 amide bonds. The largest absolute Gasteiger partial charge is 0.435 e. The van der Waals surface area contributed by atoms with Crippen LogP contribution in [0, 0.1) is 0 Å². The van der Waals surface area contributed by atoms with Crippen molar-refractivity contribution in [2.75, 3.05) is 0 Å². The highest BCUT2D eigenvalue weighted by Gasteiger charge is 2.35. The number of carbonyl (C=O) groups is 1. The van der Waals surface area contributed by atoms with Crippen LogP contribution < -0.4 is 5.73 Å². The van der Waals surface area contributed by atoms with E-state index >= 15 is 0 Å². The van der Waals surface area contributed by atoms with E-state index in [1.807, 2.05) is 0 Å². The van der Waals surface area contributed by atoms with Crippen LogP contribution in [0.25, 0.3) is 5.69 Å². The first-order valence-corrected chi connectivity index (χ1v) is 5.50. The first kappa shape index (κ1) is 14.1. The molecule has 0 spiro atoms. The minimum Gasteiger partial charge on any atom is -0.392 e. The number of nitrogens with zero attached hydrogens (tertiary/aromatic N) is 2. The molecule has 0 saturated carbocycles. The maximum atomic E-state index is 12.6. The van der Waals surface area contributed by atoms with E-state index in [1.165, 1.54) is 24.3 Å². The van der Waals surface area contributed by atoms with E-state index in [1.54, 1.807) is 0 Å². The summed E-state index contributed by atoms with van der Waals surface area (Å²) in [7, 11) is 0. The van der Waals surface area contributed by atoms with Gasteiger partial charge in [0.05, 0.1) is 12.3 Å². The van der Waals surface area contributed by atoms with Gasteiger partial charge in [-0.25, -0.2) is 4.68 Å². The predicted molar refractivity (Wildman–Crippen MR) is 63.0 cm³/mol. The SMILES string of the molecule is NC(=O)c1cc(C(F)(F)F)nn1-c1ccc(CO)cc1. The second kappa shape index (κ2) is 4.97. The van der Waals surface area contributed by atoms with Crippen molar-refractivity contribution >= 4 is 5.91 Å². The van der Waals surface area contributed by atoms with Crippen LogP contribution in [-0.4, -0.2) is 20.8 Å². The number of nitrogens with two attached hydrogens (primary N) is 1. The number of hydrogen-bond acceptors (Lipinski definition) is 3. The van der Waals surface area contributed by atoms with Crippen molar-refractivity contribution in [2.45, 2.75) is 12.8 Å². The van der Waals surface area contributed by atoms with Gasteiger partial charge in [-0.05, 0) is 17.7 Å². The Balaban J connectivity index is 2.53. The third-order valence-corrected chi connectivity index (χ3v) is 2.62. The van der Waals surface area contributed by atoms with Crippen LogP contribution in [0.5, 0.6) is 0 Å². The van der Waals surface area contributed by atoms with Gasteiger partial charge in [0.25, 0.3) is 5.91 Å². The molecular formula is C12H10F3N3O2. The van der Waals surface area contributed by atoms with Gasteiger partial charge in [0.2, 0.25) is 0 Å². The molecule has 0 aliphatic rings. The number of aliphatic hydroxyl groups is 1. The van der Waals surface area contributed by atoms with Gasteiger partial charge in [-0.2, -0.15) is 18.3 Å². The number of benzene rings is 1. The molecule has 106 valence electrons. The van der Waals surface area contributed by atoms with E-state index in [2.05, 4.69) is 5.10 Å². The topological polar surface area (TPSA) is 81.1 Å². The minimum absolute atomic E-state index is 0.199. The Morgan fingerprint density at radius 3 is 2.35 bits per heavy atom. The summed E-state index contributed by atoms with van der Waals surface area (Å²) in [4.78, 5) is 11.2. The van der Waals surface area contributed by atoms with Gasteiger partial charge >= 0.3 is 6.18 Å². The maximum Gasteiger partial charge on any atom is 0.435 e. The van der Waals surface area contributed by atoms with Gasteiger partial charge in [-0.3, -0.25) is 4.79 Å². The molecule has 2 aromatic rings. The van der Waals surface area contributed by atoms with Crippen LogP contribution >= 0.6 is 0 Å². The number of aliphatic hydroxyl groups excluding tert-OH is 1. The molecule has 0 unspecified atom stereocenters. The van der Waals surface area contributed by atoms with Crippen molar-refractivity contribution in [1.29, 1.82) is 0 Å². The van der Waals surface area contributed by atoms with Gasteiger partial charge < -0.3 is 10.8 Å². The molecule has 0 aliphatic heterocycles. The quantitative estimate of drug-likeness (QED) is 0.896. The Kier molecular flexibility index (Phi) is 3.49. The van der Waals surface area contributed by atoms with E-state index in [0.29, 0.717) is 11.6 Å². The number of carbonyl (C=O) groups excluding carboxylic acids is 1. The summed E-state index contributed by atoms with van der Waals surface area (Å²) in [5, 5.41) is 12.3. The molecule has 0 fully saturated rings. The summed E-state index contributed by atoms with van der Waals surface area (Å²) < 4.78 is 38.7. The fourth-order valence-corrected chi connectivity index (χ4v) is 1.63. The Labute approximate surface area is 111 Å². The summed E-state index contributed by atoms with van der Waals surface area (Å²) in [6, 6.07) is 6.49. The molecule has 0 atom stereocenters. The van der Waals surface area contributed by atoms with Crippen molar-refractivity contribution in [2.24, 2.45) is 5.73 Å². The summed E-state index contributed by atoms with van der Waals surface area (Å²) >= 11 is 0. The second-order valence-corrected chi connectivity index (χ2v) is 4.01. The van der Waals surface area contributed by atoms with Crippen LogP contribution in [0.3, 0.4) is 0 Å². The molecule has 0 radical (unpaired) electrons. The van der Waals surface area contributed by atoms with Gasteiger partial charge in [-0.1, -0.05) is 12.1 Å². The van der Waals surface area contributed by atoms with Crippen molar-refractivity contribution in [3.8, 4) is 5.69 Å². The third kappa shape index (κ3) is 2.64. The zero-order valence-corrected chi connectivity index (χ0v) is 10.1. The number of aromatic nitrogens is 2. The highest BCUT2D eigenvalue weighted by atomic mass is 19.4. The molecule has 20 heavy (non-hydrogen) atoms. The van der Waals surface area contributed by atoms with Crippen molar-refractivity contribution in [3.05, 3.63) is 47.3 Å². The zero-order valence-electron chi connectivity index (χ0n) is 10.1. The van der Waals surface area contributed by atoms with Gasteiger partial charge in [0.1, 0.15) is 5.69 Å². The Hall–Kier alpha value is -2.35. The van der Waals surface area contributed by atoms with Crippen molar-refractivity contribution in [1.82, 2.24) is 9.78 Å². The Morgan fingerprint density at radius 1 is 1.30 bits per heavy atom. The van der Waals surface area contributed by atoms with Gasteiger partial charge in [0, 0.05) is 6.07 Å². The first-order chi connectivity index (χ1) is 9.32. The maximum absolute atomic E-state index is 12.6. The minimum atomic E-state index is -4.67. The lowest BCUT2D eigenvalue weighted by molar-refractivity contribution is -0.141. The molecule has 8 heteroatoms. The number of amides is 1. The number of alkyl halides is 3. The number of halogens is 3. The lowest BCUT2D eigenvalue weighted by Gasteiger charge is -2.06. The summed E-state index contributed by atoms with van der Waals surface area (Å²) in [6.45, 7) is -0.199. The molecule has 1 aromatic carbocycles. The summed E-state index contributed by atoms with van der Waals surface area (Å²) in [6.07, 6.45) is -4.67. The van der Waals surface area contributed by atoms with Gasteiger partial charge in [0.15, 0.2) is 5.69 Å². The third-order valence-electron chi connectivity index (χ3n) is 2.62. The summed E-state index contributed by atoms with van der Waals surface area (Å²) in [5.74, 6) is -1.01. The number of rotatable bonds is 3. The molecule has 2 rings (SSSR count). The normalized spacial score (nSPS) is 11.6. The lowest BCUT2D eigenvalue weighted by atomic mass is 10.2. The van der Waals surface area contributed by atoms with E-state index in [4.69, 9.17) is 10.8 Å². The van der Waals surface area contributed by atoms with Crippen molar-refractivity contribution < 1.29 is 23.1 Å². The van der Waals surface area contributed by atoms with Crippen LogP contribution in [0.2, 0.25) is 0 Å². The molecule has 0 bridgehead atoms. The highest BCUT2D eigenvalue weighted by Crippen LogP contribution is 2.29. The zero-order chi connectivity index (χ0) is 14.9. The monoisotopic (exact) mass is 285 g/mol. The summed E-state index contributed by atoms with van der Waals surface area (Å²) in [5.41, 5.74) is 4.32.